The van der Waals surface area contributed by atoms with E-state index >= 15 is 0 Å². The number of hydrogen-bond acceptors (Lipinski definition) is 5. The Labute approximate surface area is 133 Å². The number of aryl methyl sites for hydroxylation is 1. The van der Waals surface area contributed by atoms with Crippen LogP contribution in [0, 0.1) is 12.3 Å². The number of halogens is 2. The molecule has 1 saturated carbocycles. The Kier molecular flexibility index (Phi) is 3.66. The van der Waals surface area contributed by atoms with Crippen molar-refractivity contribution in [2.24, 2.45) is 5.41 Å². The number of hydrogen-bond donors (Lipinski definition) is 0. The van der Waals surface area contributed by atoms with Crippen molar-refractivity contribution in [3.63, 3.8) is 0 Å². The summed E-state index contributed by atoms with van der Waals surface area (Å²) in [5.41, 5.74) is -0.622. The molecule has 21 heavy (non-hydrogen) atoms. The van der Waals surface area contributed by atoms with Gasteiger partial charge in [-0.2, -0.15) is 4.98 Å². The monoisotopic (exact) mass is 332 g/mol. The predicted octanol–water partition coefficient (Wildman–Crippen LogP) is 1.61. The van der Waals surface area contributed by atoms with Gasteiger partial charge in [0.2, 0.25) is 11.8 Å². The summed E-state index contributed by atoms with van der Waals surface area (Å²) in [6.45, 7) is 7.17. The molecule has 6 nitrogen and oxygen atoms in total. The average Bonchev–Trinajstić information content (AvgIpc) is 2.75. The maximum Gasteiger partial charge on any atom is 0.231 e. The topological polar surface area (TPSA) is 62.5 Å². The highest BCUT2D eigenvalue weighted by Gasteiger charge is 2.68. The molecule has 1 aromatic heterocycles. The van der Waals surface area contributed by atoms with Gasteiger partial charge in [0.15, 0.2) is 5.82 Å². The fourth-order valence-electron chi connectivity index (χ4n) is 2.70. The second kappa shape index (κ2) is 5.11. The summed E-state index contributed by atoms with van der Waals surface area (Å²) >= 11 is 12.2. The van der Waals surface area contributed by atoms with Crippen molar-refractivity contribution < 1.29 is 9.32 Å². The van der Waals surface area contributed by atoms with E-state index in [1.165, 1.54) is 0 Å². The fraction of sp³-hybridized carbons (Fsp3) is 0.769. The average molecular weight is 333 g/mol. The first kappa shape index (κ1) is 15.1. The number of carbonyl (C=O) groups is 1. The van der Waals surface area contributed by atoms with E-state index in [-0.39, 0.29) is 5.91 Å². The van der Waals surface area contributed by atoms with E-state index in [2.05, 4.69) is 15.0 Å². The summed E-state index contributed by atoms with van der Waals surface area (Å²) in [6.07, 6.45) is 0.532. The summed E-state index contributed by atoms with van der Waals surface area (Å²) in [5.74, 6) is 1.31. The van der Waals surface area contributed by atoms with Gasteiger partial charge in [-0.3, -0.25) is 9.69 Å². The molecule has 0 bridgehead atoms. The minimum Gasteiger partial charge on any atom is -0.340 e. The molecule has 0 unspecified atom stereocenters. The number of aromatic nitrogens is 2. The molecular formula is C13H18Cl2N4O2. The molecule has 0 radical (unpaired) electrons. The van der Waals surface area contributed by atoms with Gasteiger partial charge in [0.1, 0.15) is 4.33 Å². The van der Waals surface area contributed by atoms with E-state index in [0.717, 1.165) is 13.1 Å². The fourth-order valence-corrected chi connectivity index (χ4v) is 3.39. The lowest BCUT2D eigenvalue weighted by molar-refractivity contribution is -0.138. The first-order valence-electron chi connectivity index (χ1n) is 7.01. The van der Waals surface area contributed by atoms with E-state index in [9.17, 15) is 4.79 Å². The number of amides is 1. The van der Waals surface area contributed by atoms with Crippen LogP contribution in [0.4, 0.5) is 0 Å². The quantitative estimate of drug-likeness (QED) is 0.787. The van der Waals surface area contributed by atoms with Crippen molar-refractivity contribution in [3.05, 3.63) is 11.7 Å². The summed E-state index contributed by atoms with van der Waals surface area (Å²) in [6, 6.07) is 0. The smallest absolute Gasteiger partial charge is 0.231 e. The van der Waals surface area contributed by atoms with E-state index in [1.807, 2.05) is 11.8 Å². The molecule has 1 saturated heterocycles. The summed E-state index contributed by atoms with van der Waals surface area (Å²) in [7, 11) is 0. The molecule has 1 aliphatic heterocycles. The zero-order valence-electron chi connectivity index (χ0n) is 12.1. The van der Waals surface area contributed by atoms with Gasteiger partial charge in [-0.15, -0.1) is 23.2 Å². The highest BCUT2D eigenvalue weighted by molar-refractivity contribution is 6.53. The number of piperazine rings is 1. The van der Waals surface area contributed by atoms with Gasteiger partial charge >= 0.3 is 0 Å². The third-order valence-electron chi connectivity index (χ3n) is 4.32. The van der Waals surface area contributed by atoms with E-state index < -0.39 is 9.75 Å². The largest absolute Gasteiger partial charge is 0.340 e. The maximum absolute atomic E-state index is 12.5. The highest BCUT2D eigenvalue weighted by atomic mass is 35.5. The molecular weight excluding hydrogens is 315 g/mol. The second-order valence-corrected chi connectivity index (χ2v) is 7.50. The van der Waals surface area contributed by atoms with Gasteiger partial charge in [-0.05, 0) is 13.3 Å². The number of alkyl halides is 2. The van der Waals surface area contributed by atoms with Crippen LogP contribution in [0.15, 0.2) is 4.52 Å². The molecule has 0 spiro atoms. The normalized spacial score (nSPS) is 28.7. The Hall–Kier alpha value is -0.850. The van der Waals surface area contributed by atoms with Crippen LogP contribution in [0.3, 0.4) is 0 Å². The van der Waals surface area contributed by atoms with Gasteiger partial charge < -0.3 is 9.42 Å². The first-order chi connectivity index (χ1) is 9.82. The number of carbonyl (C=O) groups excluding carboxylic acids is 1. The molecule has 0 aromatic carbocycles. The van der Waals surface area contributed by atoms with Crippen LogP contribution < -0.4 is 0 Å². The highest BCUT2D eigenvalue weighted by Crippen LogP contribution is 2.64. The minimum absolute atomic E-state index is 0.0579. The Morgan fingerprint density at radius 1 is 1.33 bits per heavy atom. The Morgan fingerprint density at radius 3 is 2.43 bits per heavy atom. The van der Waals surface area contributed by atoms with Gasteiger partial charge in [-0.25, -0.2) is 0 Å². The molecule has 8 heteroatoms. The van der Waals surface area contributed by atoms with Crippen LogP contribution >= 0.6 is 23.2 Å². The van der Waals surface area contributed by atoms with Crippen molar-refractivity contribution in [3.8, 4) is 0 Å². The van der Waals surface area contributed by atoms with Crippen molar-refractivity contribution >= 4 is 29.1 Å². The SMILES string of the molecule is Cc1nc(CN2CCN(C(=O)[C@@]3(C)CC3(Cl)Cl)CC2)no1. The van der Waals surface area contributed by atoms with Crippen molar-refractivity contribution in [2.45, 2.75) is 31.1 Å². The lowest BCUT2D eigenvalue weighted by Crippen LogP contribution is -2.50. The van der Waals surface area contributed by atoms with Crippen LogP contribution in [-0.2, 0) is 11.3 Å². The number of rotatable bonds is 3. The molecule has 1 aromatic rings. The van der Waals surface area contributed by atoms with Gasteiger partial charge in [-0.1, -0.05) is 5.16 Å². The van der Waals surface area contributed by atoms with Crippen LogP contribution in [0.5, 0.6) is 0 Å². The Balaban J connectivity index is 1.52. The van der Waals surface area contributed by atoms with E-state index in [1.54, 1.807) is 6.92 Å². The van der Waals surface area contributed by atoms with Crippen molar-refractivity contribution in [1.29, 1.82) is 0 Å². The predicted molar refractivity (Wildman–Crippen MR) is 78.1 cm³/mol. The molecule has 116 valence electrons. The summed E-state index contributed by atoms with van der Waals surface area (Å²) < 4.78 is 4.06. The standard InChI is InChI=1S/C13H18Cl2N4O2/c1-9-16-10(17-21-9)7-18-3-5-19(6-4-18)11(20)12(2)8-13(12,14)15/h3-8H2,1-2H3/t12-/m1/s1. The second-order valence-electron chi connectivity index (χ2n) is 6.01. The molecule has 1 amide bonds. The van der Waals surface area contributed by atoms with Crippen LogP contribution in [0.1, 0.15) is 25.1 Å². The van der Waals surface area contributed by atoms with Gasteiger partial charge in [0.25, 0.3) is 0 Å². The molecule has 2 aliphatic rings. The van der Waals surface area contributed by atoms with Crippen LogP contribution in [0.2, 0.25) is 0 Å². The zero-order valence-corrected chi connectivity index (χ0v) is 13.6. The van der Waals surface area contributed by atoms with E-state index in [4.69, 9.17) is 27.7 Å². The molecule has 1 aliphatic carbocycles. The number of nitrogens with zero attached hydrogens (tertiary/aromatic N) is 4. The van der Waals surface area contributed by atoms with Gasteiger partial charge in [0.05, 0.1) is 12.0 Å². The molecule has 2 heterocycles. The first-order valence-corrected chi connectivity index (χ1v) is 7.76. The van der Waals surface area contributed by atoms with Crippen molar-refractivity contribution in [2.75, 3.05) is 26.2 Å². The molecule has 3 rings (SSSR count). The minimum atomic E-state index is -0.899. The molecule has 2 fully saturated rings. The van der Waals surface area contributed by atoms with Crippen molar-refractivity contribution in [1.82, 2.24) is 19.9 Å². The van der Waals surface area contributed by atoms with Crippen LogP contribution in [-0.4, -0.2) is 56.4 Å². The zero-order chi connectivity index (χ0) is 15.3. The molecule has 1 atom stereocenters. The van der Waals surface area contributed by atoms with E-state index in [0.29, 0.717) is 37.8 Å². The molecule has 0 N–H and O–H groups in total. The van der Waals surface area contributed by atoms with Gasteiger partial charge in [0, 0.05) is 33.1 Å². The summed E-state index contributed by atoms with van der Waals surface area (Å²) in [5, 5.41) is 3.89. The summed E-state index contributed by atoms with van der Waals surface area (Å²) in [4.78, 5) is 20.7. The Bertz CT molecular complexity index is 554. The third kappa shape index (κ3) is 2.76. The van der Waals surface area contributed by atoms with Crippen LogP contribution in [0.25, 0.3) is 0 Å². The third-order valence-corrected chi connectivity index (χ3v) is 5.43. The maximum atomic E-state index is 12.5. The lowest BCUT2D eigenvalue weighted by Gasteiger charge is -2.35. The lowest BCUT2D eigenvalue weighted by atomic mass is 10.1. The Morgan fingerprint density at radius 2 is 1.95 bits per heavy atom.